The van der Waals surface area contributed by atoms with Crippen molar-refractivity contribution >= 4 is 21.7 Å². The number of amides is 2. The van der Waals surface area contributed by atoms with Gasteiger partial charge in [0.25, 0.3) is 11.8 Å². The predicted octanol–water partition coefficient (Wildman–Crippen LogP) is -0.224. The Labute approximate surface area is 128 Å². The Morgan fingerprint density at radius 3 is 2.73 bits per heavy atom. The smallest absolute Gasteiger partial charge is 0.258 e. The van der Waals surface area contributed by atoms with Crippen molar-refractivity contribution < 1.29 is 22.7 Å². The lowest BCUT2D eigenvalue weighted by molar-refractivity contribution is -0.123. The van der Waals surface area contributed by atoms with Crippen molar-refractivity contribution in [1.82, 2.24) is 5.32 Å². The van der Waals surface area contributed by atoms with Gasteiger partial charge >= 0.3 is 0 Å². The van der Waals surface area contributed by atoms with Crippen molar-refractivity contribution in [2.45, 2.75) is 19.4 Å². The first-order valence-electron chi connectivity index (χ1n) is 6.80. The van der Waals surface area contributed by atoms with Crippen LogP contribution in [-0.4, -0.2) is 44.4 Å². The van der Waals surface area contributed by atoms with E-state index in [1.165, 1.54) is 6.07 Å². The largest absolute Gasteiger partial charge is 0.483 e. The zero-order chi connectivity index (χ0) is 16.3. The van der Waals surface area contributed by atoms with Crippen molar-refractivity contribution in [1.29, 1.82) is 0 Å². The lowest BCUT2D eigenvalue weighted by Crippen LogP contribution is -2.38. The summed E-state index contributed by atoms with van der Waals surface area (Å²) in [7, 11) is -3.05. The zero-order valence-corrected chi connectivity index (χ0v) is 13.0. The van der Waals surface area contributed by atoms with E-state index in [0.29, 0.717) is 6.42 Å². The minimum atomic E-state index is -3.05. The Bertz CT molecular complexity index is 699. The molecule has 2 amide bonds. The summed E-state index contributed by atoms with van der Waals surface area (Å²) < 4.78 is 28.0. The second-order valence-electron chi connectivity index (χ2n) is 5.32. The van der Waals surface area contributed by atoms with Crippen LogP contribution in [0, 0.1) is 6.92 Å². The molecule has 1 fully saturated rings. The highest BCUT2D eigenvalue weighted by Crippen LogP contribution is 2.20. The van der Waals surface area contributed by atoms with Crippen molar-refractivity contribution in [2.24, 2.45) is 5.73 Å². The third-order valence-corrected chi connectivity index (χ3v) is 5.13. The summed E-state index contributed by atoms with van der Waals surface area (Å²) in [6.45, 7) is 1.52. The molecule has 1 atom stereocenters. The van der Waals surface area contributed by atoms with Gasteiger partial charge in [0.2, 0.25) is 0 Å². The maximum absolute atomic E-state index is 11.8. The topological polar surface area (TPSA) is 116 Å². The molecule has 0 bridgehead atoms. The molecule has 0 spiro atoms. The summed E-state index contributed by atoms with van der Waals surface area (Å²) in [6.07, 6.45) is 0.408. The Kier molecular flexibility index (Phi) is 4.70. The number of sulfone groups is 1. The molecule has 1 aromatic rings. The number of hydrogen-bond acceptors (Lipinski definition) is 5. The maximum atomic E-state index is 11.8. The Morgan fingerprint density at radius 1 is 1.41 bits per heavy atom. The minimum absolute atomic E-state index is 0.0459. The highest BCUT2D eigenvalue weighted by Gasteiger charge is 2.28. The quantitative estimate of drug-likeness (QED) is 0.776. The van der Waals surface area contributed by atoms with Crippen LogP contribution in [0.1, 0.15) is 22.3 Å². The number of carbonyl (C=O) groups is 2. The molecule has 1 aromatic carbocycles. The highest BCUT2D eigenvalue weighted by atomic mass is 32.2. The van der Waals surface area contributed by atoms with Crippen LogP contribution < -0.4 is 15.8 Å². The average Bonchev–Trinajstić information content (AvgIpc) is 2.75. The Balaban J connectivity index is 1.94. The van der Waals surface area contributed by atoms with Gasteiger partial charge in [-0.05, 0) is 31.0 Å². The number of nitrogens with two attached hydrogens (primary N) is 1. The van der Waals surface area contributed by atoms with Crippen molar-refractivity contribution in [3.63, 3.8) is 0 Å². The molecule has 3 N–H and O–H groups in total. The van der Waals surface area contributed by atoms with Crippen LogP contribution >= 0.6 is 0 Å². The van der Waals surface area contributed by atoms with E-state index in [0.717, 1.165) is 5.56 Å². The molecular weight excluding hydrogens is 308 g/mol. The molecule has 1 heterocycles. The van der Waals surface area contributed by atoms with Gasteiger partial charge in [-0.2, -0.15) is 0 Å². The molecule has 1 saturated heterocycles. The second-order valence-corrected chi connectivity index (χ2v) is 7.55. The van der Waals surface area contributed by atoms with Gasteiger partial charge in [0, 0.05) is 6.04 Å². The van der Waals surface area contributed by atoms with E-state index in [4.69, 9.17) is 10.5 Å². The van der Waals surface area contributed by atoms with Crippen molar-refractivity contribution in [3.8, 4) is 5.75 Å². The van der Waals surface area contributed by atoms with Crippen molar-refractivity contribution in [3.05, 3.63) is 29.3 Å². The lowest BCUT2D eigenvalue weighted by atomic mass is 10.1. The Hall–Kier alpha value is -2.09. The first-order chi connectivity index (χ1) is 10.3. The van der Waals surface area contributed by atoms with Crippen LogP contribution in [0.15, 0.2) is 18.2 Å². The summed E-state index contributed by atoms with van der Waals surface area (Å²) in [4.78, 5) is 23.1. The van der Waals surface area contributed by atoms with Crippen LogP contribution in [0.5, 0.6) is 5.75 Å². The molecule has 1 aliphatic heterocycles. The molecule has 1 aliphatic rings. The van der Waals surface area contributed by atoms with E-state index in [1.54, 1.807) is 12.1 Å². The number of hydrogen-bond donors (Lipinski definition) is 2. The standard InChI is InChI=1S/C14H18N2O5S/c1-9-2-3-11(14(15)18)12(6-9)21-7-13(17)16-10-4-5-22(19,20)8-10/h2-3,6,10H,4-5,7-8H2,1H3,(H2,15,18)(H,16,17)/t10-/m0/s1. The molecular formula is C14H18N2O5S. The summed E-state index contributed by atoms with van der Waals surface area (Å²) >= 11 is 0. The van der Waals surface area contributed by atoms with Gasteiger partial charge in [0.15, 0.2) is 16.4 Å². The van der Waals surface area contributed by atoms with E-state index in [1.807, 2.05) is 6.92 Å². The number of aryl methyl sites for hydroxylation is 1. The lowest BCUT2D eigenvalue weighted by Gasteiger charge is -2.13. The van der Waals surface area contributed by atoms with Crippen LogP contribution in [0.3, 0.4) is 0 Å². The van der Waals surface area contributed by atoms with Gasteiger partial charge in [-0.3, -0.25) is 9.59 Å². The molecule has 2 rings (SSSR count). The maximum Gasteiger partial charge on any atom is 0.258 e. The fourth-order valence-electron chi connectivity index (χ4n) is 2.27. The molecule has 0 aromatic heterocycles. The second kappa shape index (κ2) is 6.35. The van der Waals surface area contributed by atoms with Gasteiger partial charge in [-0.1, -0.05) is 6.07 Å². The average molecular weight is 326 g/mol. The summed E-state index contributed by atoms with van der Waals surface area (Å²) in [5.74, 6) is -0.795. The number of carbonyl (C=O) groups excluding carboxylic acids is 2. The monoisotopic (exact) mass is 326 g/mol. The van der Waals surface area contributed by atoms with Crippen LogP contribution in [-0.2, 0) is 14.6 Å². The fraction of sp³-hybridized carbons (Fsp3) is 0.429. The van der Waals surface area contributed by atoms with Gasteiger partial charge in [-0.25, -0.2) is 8.42 Å². The number of nitrogens with one attached hydrogen (secondary N) is 1. The first-order valence-corrected chi connectivity index (χ1v) is 8.62. The van der Waals surface area contributed by atoms with E-state index >= 15 is 0 Å². The molecule has 0 unspecified atom stereocenters. The molecule has 0 radical (unpaired) electrons. The van der Waals surface area contributed by atoms with Gasteiger partial charge in [0.1, 0.15) is 5.75 Å². The first kappa shape index (κ1) is 16.3. The third kappa shape index (κ3) is 4.20. The normalized spacial score (nSPS) is 19.6. The molecule has 8 heteroatoms. The number of ether oxygens (including phenoxy) is 1. The molecule has 0 saturated carbocycles. The zero-order valence-electron chi connectivity index (χ0n) is 12.2. The van der Waals surface area contributed by atoms with E-state index in [2.05, 4.69) is 5.32 Å². The summed E-state index contributed by atoms with van der Waals surface area (Å²) in [5.41, 5.74) is 6.31. The van der Waals surface area contributed by atoms with Crippen molar-refractivity contribution in [2.75, 3.05) is 18.1 Å². The van der Waals surface area contributed by atoms with Gasteiger partial charge < -0.3 is 15.8 Å². The SMILES string of the molecule is Cc1ccc(C(N)=O)c(OCC(=O)N[C@H]2CCS(=O)(=O)C2)c1. The number of rotatable bonds is 5. The summed E-state index contributed by atoms with van der Waals surface area (Å²) in [5, 5.41) is 2.61. The van der Waals surface area contributed by atoms with Crippen LogP contribution in [0.2, 0.25) is 0 Å². The van der Waals surface area contributed by atoms with E-state index < -0.39 is 21.7 Å². The predicted molar refractivity (Wildman–Crippen MR) is 80.4 cm³/mol. The number of primary amides is 1. The molecule has 120 valence electrons. The van der Waals surface area contributed by atoms with Gasteiger partial charge in [-0.15, -0.1) is 0 Å². The van der Waals surface area contributed by atoms with Gasteiger partial charge in [0.05, 0.1) is 17.1 Å². The summed E-state index contributed by atoms with van der Waals surface area (Å²) in [6, 6.07) is 4.49. The van der Waals surface area contributed by atoms with E-state index in [9.17, 15) is 18.0 Å². The third-order valence-electron chi connectivity index (χ3n) is 3.36. The minimum Gasteiger partial charge on any atom is -0.483 e. The fourth-order valence-corrected chi connectivity index (χ4v) is 3.95. The molecule has 7 nitrogen and oxygen atoms in total. The number of benzene rings is 1. The molecule has 0 aliphatic carbocycles. The Morgan fingerprint density at radius 2 is 2.14 bits per heavy atom. The van der Waals surface area contributed by atoms with Crippen LogP contribution in [0.25, 0.3) is 0 Å². The van der Waals surface area contributed by atoms with Crippen LogP contribution in [0.4, 0.5) is 0 Å². The molecule has 22 heavy (non-hydrogen) atoms. The highest BCUT2D eigenvalue weighted by molar-refractivity contribution is 7.91. The van der Waals surface area contributed by atoms with E-state index in [-0.39, 0.29) is 35.5 Å².